The third kappa shape index (κ3) is 6.38. The number of benzene rings is 3. The number of anilines is 2. The van der Waals surface area contributed by atoms with E-state index in [1.54, 1.807) is 24.3 Å². The summed E-state index contributed by atoms with van der Waals surface area (Å²) in [7, 11) is 0. The molecule has 6 nitrogen and oxygen atoms in total. The number of hydrogen-bond donors (Lipinski definition) is 2. The van der Waals surface area contributed by atoms with E-state index < -0.39 is 0 Å². The number of carbonyl (C=O) groups is 2. The topological polar surface area (TPSA) is 76.7 Å². The average molecular weight is 404 g/mol. The number of rotatable bonds is 9. The van der Waals surface area contributed by atoms with Crippen molar-refractivity contribution >= 4 is 23.3 Å². The van der Waals surface area contributed by atoms with Gasteiger partial charge in [-0.05, 0) is 67.1 Å². The molecular formula is C24H24N2O4. The highest BCUT2D eigenvalue weighted by Gasteiger charge is 2.08. The highest BCUT2D eigenvalue weighted by atomic mass is 16.5. The second-order valence-electron chi connectivity index (χ2n) is 6.55. The fourth-order valence-electron chi connectivity index (χ4n) is 2.62. The molecule has 0 saturated carbocycles. The molecule has 0 fully saturated rings. The van der Waals surface area contributed by atoms with Crippen LogP contribution in [0.4, 0.5) is 11.4 Å². The lowest BCUT2D eigenvalue weighted by molar-refractivity contribution is -0.114. The minimum Gasteiger partial charge on any atom is -0.462 e. The van der Waals surface area contributed by atoms with Crippen LogP contribution in [0.1, 0.15) is 23.7 Å². The molecule has 0 aliphatic heterocycles. The van der Waals surface area contributed by atoms with E-state index in [0.717, 1.165) is 17.9 Å². The lowest BCUT2D eigenvalue weighted by atomic mass is 10.2. The Morgan fingerprint density at radius 3 is 2.10 bits per heavy atom. The number of carbonyl (C=O) groups excluding carboxylic acids is 2. The Balaban J connectivity index is 1.45. The Labute approximate surface area is 175 Å². The van der Waals surface area contributed by atoms with Crippen LogP contribution in [0.25, 0.3) is 0 Å². The molecule has 0 heterocycles. The van der Waals surface area contributed by atoms with E-state index in [9.17, 15) is 9.59 Å². The van der Waals surface area contributed by atoms with Gasteiger partial charge in [0.2, 0.25) is 5.91 Å². The summed E-state index contributed by atoms with van der Waals surface area (Å²) in [4.78, 5) is 24.0. The summed E-state index contributed by atoms with van der Waals surface area (Å²) in [5.41, 5.74) is 1.87. The number of hydrogen-bond acceptors (Lipinski definition) is 5. The van der Waals surface area contributed by atoms with Crippen molar-refractivity contribution in [2.45, 2.75) is 13.3 Å². The van der Waals surface area contributed by atoms with Gasteiger partial charge >= 0.3 is 5.97 Å². The Morgan fingerprint density at radius 1 is 0.800 bits per heavy atom. The van der Waals surface area contributed by atoms with Crippen molar-refractivity contribution in [1.82, 2.24) is 0 Å². The number of ether oxygens (including phenoxy) is 2. The predicted molar refractivity (Wildman–Crippen MR) is 117 cm³/mol. The Bertz CT molecular complexity index is 955. The van der Waals surface area contributed by atoms with Gasteiger partial charge in [-0.2, -0.15) is 0 Å². The van der Waals surface area contributed by atoms with Gasteiger partial charge in [-0.15, -0.1) is 0 Å². The molecule has 0 bridgehead atoms. The molecule has 0 aliphatic carbocycles. The number of amides is 1. The third-order valence-corrected chi connectivity index (χ3v) is 4.13. The largest absolute Gasteiger partial charge is 0.462 e. The Morgan fingerprint density at radius 2 is 1.43 bits per heavy atom. The van der Waals surface area contributed by atoms with Crippen LogP contribution >= 0.6 is 0 Å². The van der Waals surface area contributed by atoms with Gasteiger partial charge in [0.1, 0.15) is 11.5 Å². The van der Waals surface area contributed by atoms with Crippen molar-refractivity contribution in [2.24, 2.45) is 0 Å². The highest BCUT2D eigenvalue weighted by molar-refractivity contribution is 5.95. The normalized spacial score (nSPS) is 10.2. The molecular weight excluding hydrogens is 380 g/mol. The fourth-order valence-corrected chi connectivity index (χ4v) is 2.62. The number of para-hydroxylation sites is 1. The predicted octanol–water partition coefficient (Wildman–Crippen LogP) is 5.10. The summed E-state index contributed by atoms with van der Waals surface area (Å²) in [6.45, 7) is 2.44. The lowest BCUT2D eigenvalue weighted by Crippen LogP contribution is -2.21. The van der Waals surface area contributed by atoms with Crippen LogP contribution in [-0.4, -0.2) is 25.0 Å². The van der Waals surface area contributed by atoms with E-state index in [4.69, 9.17) is 9.47 Å². The summed E-state index contributed by atoms with van der Waals surface area (Å²) in [5.74, 6) is 0.924. The minimum atomic E-state index is -0.365. The summed E-state index contributed by atoms with van der Waals surface area (Å²) in [5, 5.41) is 5.85. The van der Waals surface area contributed by atoms with Crippen molar-refractivity contribution < 1.29 is 19.1 Å². The van der Waals surface area contributed by atoms with E-state index in [1.807, 2.05) is 61.5 Å². The van der Waals surface area contributed by atoms with Gasteiger partial charge in [-0.25, -0.2) is 4.79 Å². The molecule has 3 aromatic rings. The third-order valence-electron chi connectivity index (χ3n) is 4.13. The zero-order valence-electron chi connectivity index (χ0n) is 16.8. The molecule has 0 saturated heterocycles. The summed E-state index contributed by atoms with van der Waals surface area (Å²) in [6, 6.07) is 23.5. The van der Waals surface area contributed by atoms with Crippen LogP contribution in [0, 0.1) is 0 Å². The molecule has 0 spiro atoms. The Hall–Kier alpha value is -3.80. The first kappa shape index (κ1) is 20.9. The zero-order chi connectivity index (χ0) is 21.2. The second kappa shape index (κ2) is 10.7. The van der Waals surface area contributed by atoms with Crippen molar-refractivity contribution in [3.8, 4) is 11.5 Å². The van der Waals surface area contributed by atoms with Gasteiger partial charge < -0.3 is 20.1 Å². The molecule has 0 aliphatic rings. The molecule has 0 radical (unpaired) electrons. The SMILES string of the molecule is CCCOC(=O)c1ccc(NC(=O)CNc2ccc(Oc3ccccc3)cc2)cc1. The summed E-state index contributed by atoms with van der Waals surface area (Å²) < 4.78 is 10.8. The minimum absolute atomic E-state index is 0.110. The highest BCUT2D eigenvalue weighted by Crippen LogP contribution is 2.22. The van der Waals surface area contributed by atoms with Crippen LogP contribution in [0.3, 0.4) is 0 Å². The average Bonchev–Trinajstić information content (AvgIpc) is 2.78. The molecule has 154 valence electrons. The van der Waals surface area contributed by atoms with Crippen LogP contribution in [0.2, 0.25) is 0 Å². The molecule has 3 rings (SSSR count). The molecule has 3 aromatic carbocycles. The maximum absolute atomic E-state index is 12.2. The summed E-state index contributed by atoms with van der Waals surface area (Å²) in [6.07, 6.45) is 0.773. The van der Waals surface area contributed by atoms with Gasteiger partial charge in [0.25, 0.3) is 0 Å². The standard InChI is InChI=1S/C24H24N2O4/c1-2-16-29-24(28)18-8-10-20(11-9-18)26-23(27)17-25-19-12-14-22(15-13-19)30-21-6-4-3-5-7-21/h3-15,25H,2,16-17H2,1H3,(H,26,27). The quantitative estimate of drug-likeness (QED) is 0.486. The van der Waals surface area contributed by atoms with E-state index in [0.29, 0.717) is 23.6 Å². The fraction of sp³-hybridized carbons (Fsp3) is 0.167. The zero-order valence-corrected chi connectivity index (χ0v) is 16.8. The van der Waals surface area contributed by atoms with Gasteiger partial charge in [0, 0.05) is 11.4 Å². The van der Waals surface area contributed by atoms with E-state index in [-0.39, 0.29) is 18.4 Å². The summed E-state index contributed by atoms with van der Waals surface area (Å²) >= 11 is 0. The van der Waals surface area contributed by atoms with Crippen molar-refractivity contribution in [3.63, 3.8) is 0 Å². The van der Waals surface area contributed by atoms with Crippen molar-refractivity contribution in [2.75, 3.05) is 23.8 Å². The van der Waals surface area contributed by atoms with Gasteiger partial charge in [0.05, 0.1) is 18.7 Å². The van der Waals surface area contributed by atoms with E-state index >= 15 is 0 Å². The van der Waals surface area contributed by atoms with Crippen LogP contribution < -0.4 is 15.4 Å². The maximum Gasteiger partial charge on any atom is 0.338 e. The number of esters is 1. The molecule has 0 aromatic heterocycles. The van der Waals surface area contributed by atoms with Gasteiger partial charge in [-0.1, -0.05) is 25.1 Å². The Kier molecular flexibility index (Phi) is 7.44. The number of nitrogens with one attached hydrogen (secondary N) is 2. The van der Waals surface area contributed by atoms with E-state index in [1.165, 1.54) is 0 Å². The first-order chi connectivity index (χ1) is 14.6. The molecule has 1 amide bonds. The first-order valence-electron chi connectivity index (χ1n) is 9.78. The molecule has 2 N–H and O–H groups in total. The molecule has 0 atom stereocenters. The smallest absolute Gasteiger partial charge is 0.338 e. The van der Waals surface area contributed by atoms with Gasteiger partial charge in [0.15, 0.2) is 0 Å². The van der Waals surface area contributed by atoms with Crippen molar-refractivity contribution in [1.29, 1.82) is 0 Å². The van der Waals surface area contributed by atoms with E-state index in [2.05, 4.69) is 10.6 Å². The lowest BCUT2D eigenvalue weighted by Gasteiger charge is -2.10. The second-order valence-corrected chi connectivity index (χ2v) is 6.55. The van der Waals surface area contributed by atoms with Gasteiger partial charge in [-0.3, -0.25) is 4.79 Å². The molecule has 6 heteroatoms. The maximum atomic E-state index is 12.2. The van der Waals surface area contributed by atoms with Crippen LogP contribution in [-0.2, 0) is 9.53 Å². The monoisotopic (exact) mass is 404 g/mol. The van der Waals surface area contributed by atoms with Crippen LogP contribution in [0.5, 0.6) is 11.5 Å². The van der Waals surface area contributed by atoms with Crippen molar-refractivity contribution in [3.05, 3.63) is 84.4 Å². The van der Waals surface area contributed by atoms with Crippen LogP contribution in [0.15, 0.2) is 78.9 Å². The molecule has 0 unspecified atom stereocenters. The molecule has 30 heavy (non-hydrogen) atoms. The first-order valence-corrected chi connectivity index (χ1v) is 9.78.